The molecule has 8 N–H and O–H groups in total. The zero-order valence-electron chi connectivity index (χ0n) is 22.3. The molecule has 2 saturated heterocycles. The van der Waals surface area contributed by atoms with Gasteiger partial charge in [-0.2, -0.15) is 0 Å². The SMILES string of the molecule is CN1CCCC(C(=O)Nc2ccccc2N)C1.CN1CCCC(C(=O)O)C1.ClCCl.Nc1ccccc1N. The fourth-order valence-electron chi connectivity index (χ4n) is 4.10. The first-order chi connectivity index (χ1) is 18.1. The predicted molar refractivity (Wildman–Crippen MR) is 159 cm³/mol. The van der Waals surface area contributed by atoms with E-state index in [1.54, 1.807) is 18.2 Å². The molecule has 0 bridgehead atoms. The number of nitrogen functional groups attached to an aromatic ring is 3. The number of piperidine rings is 2. The van der Waals surface area contributed by atoms with Crippen LogP contribution < -0.4 is 22.5 Å². The normalized spacial score (nSPS) is 19.3. The van der Waals surface area contributed by atoms with Crippen molar-refractivity contribution in [3.8, 4) is 0 Å². The highest BCUT2D eigenvalue weighted by Crippen LogP contribution is 2.21. The number of alkyl halides is 2. The molecule has 0 radical (unpaired) electrons. The van der Waals surface area contributed by atoms with Crippen molar-refractivity contribution in [2.24, 2.45) is 11.8 Å². The summed E-state index contributed by atoms with van der Waals surface area (Å²) in [5.41, 5.74) is 19.2. The quantitative estimate of drug-likeness (QED) is 0.272. The Kier molecular flexibility index (Phi) is 16.2. The Balaban J connectivity index is 0.000000292. The highest BCUT2D eigenvalue weighted by Gasteiger charge is 2.24. The summed E-state index contributed by atoms with van der Waals surface area (Å²) in [6.45, 7) is 3.68. The fourth-order valence-corrected chi connectivity index (χ4v) is 4.10. The van der Waals surface area contributed by atoms with Crippen LogP contribution in [0.3, 0.4) is 0 Å². The minimum Gasteiger partial charge on any atom is -0.481 e. The number of carbonyl (C=O) groups excluding carboxylic acids is 1. The molecule has 2 aliphatic rings. The Morgan fingerprint density at radius 1 is 0.842 bits per heavy atom. The van der Waals surface area contributed by atoms with Crippen LogP contribution >= 0.6 is 23.2 Å². The summed E-state index contributed by atoms with van der Waals surface area (Å²) in [7, 11) is 4.02. The van der Waals surface area contributed by atoms with Crippen molar-refractivity contribution in [3.63, 3.8) is 0 Å². The van der Waals surface area contributed by atoms with Crippen molar-refractivity contribution in [1.82, 2.24) is 9.80 Å². The molecular weight excluding hydrogens is 527 g/mol. The van der Waals surface area contributed by atoms with Crippen molar-refractivity contribution in [2.75, 3.05) is 68.1 Å². The maximum Gasteiger partial charge on any atom is 0.307 e. The molecule has 2 heterocycles. The Bertz CT molecular complexity index is 960. The van der Waals surface area contributed by atoms with Gasteiger partial charge in [0.05, 0.1) is 39.9 Å². The van der Waals surface area contributed by atoms with Gasteiger partial charge in [-0.1, -0.05) is 24.3 Å². The highest BCUT2D eigenvalue weighted by atomic mass is 35.5. The van der Waals surface area contributed by atoms with Gasteiger partial charge < -0.3 is 37.4 Å². The van der Waals surface area contributed by atoms with Crippen molar-refractivity contribution in [2.45, 2.75) is 25.7 Å². The maximum absolute atomic E-state index is 12.1. The molecular formula is C27H42Cl2N6O3. The number of nitrogens with one attached hydrogen (secondary N) is 1. The number of hydrogen-bond acceptors (Lipinski definition) is 7. The van der Waals surface area contributed by atoms with Gasteiger partial charge in [-0.3, -0.25) is 9.59 Å². The Labute approximate surface area is 236 Å². The van der Waals surface area contributed by atoms with Crippen LogP contribution in [0.15, 0.2) is 48.5 Å². The lowest BCUT2D eigenvalue weighted by molar-refractivity contribution is -0.143. The van der Waals surface area contributed by atoms with E-state index in [9.17, 15) is 9.59 Å². The molecule has 1 amide bonds. The summed E-state index contributed by atoms with van der Waals surface area (Å²) in [6, 6.07) is 14.6. The molecule has 0 aliphatic carbocycles. The van der Waals surface area contributed by atoms with E-state index in [0.29, 0.717) is 22.7 Å². The minimum absolute atomic E-state index is 0.0772. The van der Waals surface area contributed by atoms with E-state index in [1.807, 2.05) is 37.4 Å². The molecule has 2 aromatic rings. The van der Waals surface area contributed by atoms with Gasteiger partial charge >= 0.3 is 5.97 Å². The van der Waals surface area contributed by atoms with Crippen LogP contribution in [-0.2, 0) is 9.59 Å². The van der Waals surface area contributed by atoms with Gasteiger partial charge in [0.1, 0.15) is 0 Å². The second-order valence-electron chi connectivity index (χ2n) is 9.35. The number of benzene rings is 2. The van der Waals surface area contributed by atoms with Crippen molar-refractivity contribution >= 4 is 57.8 Å². The smallest absolute Gasteiger partial charge is 0.307 e. The topological polar surface area (TPSA) is 151 Å². The number of nitrogens with zero attached hydrogens (tertiary/aromatic N) is 2. The molecule has 0 saturated carbocycles. The van der Waals surface area contributed by atoms with E-state index >= 15 is 0 Å². The summed E-state index contributed by atoms with van der Waals surface area (Å²) in [6.07, 6.45) is 3.91. The average molecular weight is 570 g/mol. The van der Waals surface area contributed by atoms with E-state index in [0.717, 1.165) is 51.9 Å². The van der Waals surface area contributed by atoms with E-state index in [-0.39, 0.29) is 23.1 Å². The molecule has 38 heavy (non-hydrogen) atoms. The van der Waals surface area contributed by atoms with Crippen LogP contribution in [0, 0.1) is 11.8 Å². The number of hydrogen-bond donors (Lipinski definition) is 5. The van der Waals surface area contributed by atoms with E-state index < -0.39 is 5.97 Å². The summed E-state index contributed by atoms with van der Waals surface area (Å²) in [5.74, 6) is -0.617. The molecule has 2 fully saturated rings. The number of aliphatic carboxylic acids is 1. The number of carboxylic acid groups (broad SMARTS) is 1. The monoisotopic (exact) mass is 568 g/mol. The van der Waals surface area contributed by atoms with E-state index in [2.05, 4.69) is 22.2 Å². The number of amides is 1. The van der Waals surface area contributed by atoms with Gasteiger partial charge in [0, 0.05) is 13.1 Å². The first kappa shape index (κ1) is 33.3. The molecule has 11 heteroatoms. The number of anilines is 4. The van der Waals surface area contributed by atoms with E-state index in [4.69, 9.17) is 45.5 Å². The summed E-state index contributed by atoms with van der Waals surface area (Å²) >= 11 is 9.53. The van der Waals surface area contributed by atoms with Crippen molar-refractivity contribution in [1.29, 1.82) is 0 Å². The lowest BCUT2D eigenvalue weighted by Gasteiger charge is -2.28. The number of likely N-dealkylation sites (tertiary alicyclic amines) is 2. The zero-order chi connectivity index (χ0) is 28.5. The molecule has 212 valence electrons. The third kappa shape index (κ3) is 13.2. The largest absolute Gasteiger partial charge is 0.481 e. The molecule has 4 rings (SSSR count). The van der Waals surface area contributed by atoms with Gasteiger partial charge in [0.25, 0.3) is 0 Å². The summed E-state index contributed by atoms with van der Waals surface area (Å²) in [5, 5.41) is 11.7. The van der Waals surface area contributed by atoms with Crippen LogP contribution in [0.2, 0.25) is 0 Å². The number of carboxylic acids is 1. The maximum atomic E-state index is 12.1. The third-order valence-corrected chi connectivity index (χ3v) is 6.18. The van der Waals surface area contributed by atoms with Crippen LogP contribution in [0.1, 0.15) is 25.7 Å². The van der Waals surface area contributed by atoms with Gasteiger partial charge in [-0.05, 0) is 77.1 Å². The molecule has 9 nitrogen and oxygen atoms in total. The second kappa shape index (κ2) is 18.5. The standard InChI is InChI=1S/C13H19N3O.C7H13NO2.C6H8N2.CH2Cl2/c1-16-8-4-5-10(9-16)13(17)15-12-7-3-2-6-11(12)14;1-8-4-2-3-6(5-8)7(9)10;7-5-3-1-2-4-6(5)8;2-1-3/h2-3,6-7,10H,4-5,8-9,14H2,1H3,(H,15,17);6H,2-5H2,1H3,(H,9,10);1-4H,7-8H2;1H2. The summed E-state index contributed by atoms with van der Waals surface area (Å²) in [4.78, 5) is 26.8. The Morgan fingerprint density at radius 2 is 1.26 bits per heavy atom. The molecule has 2 atom stereocenters. The number of carbonyl (C=O) groups is 2. The van der Waals surface area contributed by atoms with Crippen LogP contribution in [0.5, 0.6) is 0 Å². The van der Waals surface area contributed by atoms with Gasteiger partial charge in [-0.15, -0.1) is 23.2 Å². The molecule has 0 spiro atoms. The first-order valence-electron chi connectivity index (χ1n) is 12.6. The number of nitrogens with two attached hydrogens (primary N) is 3. The third-order valence-electron chi connectivity index (χ3n) is 6.18. The van der Waals surface area contributed by atoms with Crippen molar-refractivity contribution in [3.05, 3.63) is 48.5 Å². The Hall–Kier alpha value is -2.72. The minimum atomic E-state index is -0.647. The number of para-hydroxylation sites is 4. The summed E-state index contributed by atoms with van der Waals surface area (Å²) < 4.78 is 0. The van der Waals surface area contributed by atoms with Crippen LogP contribution in [0.4, 0.5) is 22.7 Å². The van der Waals surface area contributed by atoms with Crippen LogP contribution in [0.25, 0.3) is 0 Å². The van der Waals surface area contributed by atoms with Gasteiger partial charge in [-0.25, -0.2) is 0 Å². The lowest BCUT2D eigenvalue weighted by atomic mass is 9.97. The Morgan fingerprint density at radius 3 is 1.66 bits per heavy atom. The molecule has 2 aliphatic heterocycles. The predicted octanol–water partition coefficient (Wildman–Crippen LogP) is 4.23. The zero-order valence-corrected chi connectivity index (χ0v) is 23.8. The van der Waals surface area contributed by atoms with Crippen LogP contribution in [-0.4, -0.2) is 72.4 Å². The van der Waals surface area contributed by atoms with Crippen molar-refractivity contribution < 1.29 is 14.7 Å². The van der Waals surface area contributed by atoms with Gasteiger partial charge in [0.15, 0.2) is 0 Å². The van der Waals surface area contributed by atoms with Gasteiger partial charge in [0.2, 0.25) is 5.91 Å². The fraction of sp³-hybridized carbons (Fsp3) is 0.481. The molecule has 2 unspecified atom stereocenters. The number of rotatable bonds is 3. The first-order valence-corrected chi connectivity index (χ1v) is 13.6. The average Bonchev–Trinajstić information content (AvgIpc) is 2.88. The second-order valence-corrected chi connectivity index (χ2v) is 10.2. The number of halogens is 2. The lowest BCUT2D eigenvalue weighted by Crippen LogP contribution is -2.38. The molecule has 0 aromatic heterocycles. The molecule has 2 aromatic carbocycles. The van der Waals surface area contributed by atoms with E-state index in [1.165, 1.54) is 0 Å². The highest BCUT2D eigenvalue weighted by molar-refractivity contribution is 6.40.